The second kappa shape index (κ2) is 9.61. The maximum atomic E-state index is 8.67. The minimum atomic E-state index is -2.61. The molecule has 0 aliphatic rings. The van der Waals surface area contributed by atoms with Crippen molar-refractivity contribution in [2.24, 2.45) is 0 Å². The molecule has 0 rings (SSSR count). The van der Waals surface area contributed by atoms with Crippen LogP contribution >= 0.6 is 0 Å². The van der Waals surface area contributed by atoms with E-state index in [9.17, 15) is 0 Å². The Morgan fingerprint density at radius 1 is 1.33 bits per heavy atom. The molecule has 0 unspecified atom stereocenters. The Hall–Kier alpha value is 1.35. The Balaban J connectivity index is -0.0000000450. The van der Waals surface area contributed by atoms with Gasteiger partial charge in [-0.25, -0.2) is 0 Å². The van der Waals surface area contributed by atoms with Crippen molar-refractivity contribution in [1.29, 1.82) is 0 Å². The van der Waals surface area contributed by atoms with Crippen LogP contribution in [0.2, 0.25) is 0 Å². The molecule has 0 aromatic heterocycles. The van der Waals surface area contributed by atoms with Crippen LogP contribution in [0.3, 0.4) is 0 Å². The van der Waals surface area contributed by atoms with Gasteiger partial charge in [0, 0.05) is 39.9 Å². The second-order valence-corrected chi connectivity index (χ2v) is 0.692. The topological polar surface area (TPSA) is 89.0 Å². The Morgan fingerprint density at radius 3 is 1.33 bits per heavy atom. The van der Waals surface area contributed by atoms with Gasteiger partial charge in [-0.15, -0.1) is 0 Å². The molecule has 0 bridgehead atoms. The van der Waals surface area contributed by atoms with Crippen molar-refractivity contribution < 1.29 is 58.7 Å². The summed E-state index contributed by atoms with van der Waals surface area (Å²) in [6.07, 6.45) is 0. The summed E-state index contributed by atoms with van der Waals surface area (Å²) in [5.74, 6) is 0. The third-order valence-corrected chi connectivity index (χ3v) is 0. The molecule has 0 amide bonds. The van der Waals surface area contributed by atoms with E-state index < -0.39 is 11.4 Å². The quantitative estimate of drug-likeness (QED) is 0.537. The first-order valence-corrected chi connectivity index (χ1v) is 1.60. The van der Waals surface area contributed by atoms with E-state index in [1.165, 1.54) is 0 Å². The molecule has 0 fully saturated rings. The van der Waals surface area contributed by atoms with Crippen molar-refractivity contribution in [3.05, 3.63) is 0 Å². The molecule has 0 aromatic rings. The predicted molar refractivity (Wildman–Crippen MR) is 17.0 cm³/mol. The van der Waals surface area contributed by atoms with Crippen LogP contribution in [0.1, 0.15) is 0 Å². The van der Waals surface area contributed by atoms with Crippen LogP contribution in [0.4, 0.5) is 0 Å². The molecule has 0 atom stereocenters. The first kappa shape index (κ1) is 15.7. The van der Waals surface area contributed by atoms with Crippen LogP contribution in [-0.4, -0.2) is 18.8 Å². The van der Waals surface area contributed by atoms with Gasteiger partial charge in [-0.3, -0.25) is 9.11 Å². The van der Waals surface area contributed by atoms with Gasteiger partial charge in [0.1, 0.15) is 0 Å². The third-order valence-electron chi connectivity index (χ3n) is 0. The van der Waals surface area contributed by atoms with Crippen LogP contribution in [0.15, 0.2) is 0 Å². The Kier molecular flexibility index (Phi) is 25.1. The smallest absolute Gasteiger partial charge is 0.299 e. The largest absolute Gasteiger partial charge is 0.412 e. The van der Waals surface area contributed by atoms with Gasteiger partial charge in [-0.05, 0) is 0 Å². The van der Waals surface area contributed by atoms with E-state index in [0.29, 0.717) is 0 Å². The van der Waals surface area contributed by atoms with Gasteiger partial charge in [0.15, 0.2) is 0 Å². The molecule has 0 saturated carbocycles. The average molecular weight is 257 g/mol. The Labute approximate surface area is 69.4 Å². The summed E-state index contributed by atoms with van der Waals surface area (Å²) in [6.45, 7) is 0. The van der Waals surface area contributed by atoms with E-state index in [1.807, 2.05) is 0 Å². The molecule has 0 spiro atoms. The van der Waals surface area contributed by atoms with E-state index in [2.05, 4.69) is 0 Å². The monoisotopic (exact) mass is 258 g/mol. The molecule has 6 heavy (non-hydrogen) atoms. The SMILES string of the molecule is O.O=S(O)O.[Gd]. The van der Waals surface area contributed by atoms with Gasteiger partial charge in [0.2, 0.25) is 0 Å². The predicted octanol–water partition coefficient (Wildman–Crippen LogP) is -1.14. The molecular weight excluding hydrogens is 253 g/mol. The van der Waals surface area contributed by atoms with Crippen molar-refractivity contribution in [2.45, 2.75) is 0 Å². The molecule has 6 heteroatoms. The fourth-order valence-electron chi connectivity index (χ4n) is 0. The van der Waals surface area contributed by atoms with E-state index in [-0.39, 0.29) is 45.4 Å². The first-order chi connectivity index (χ1) is 1.73. The van der Waals surface area contributed by atoms with E-state index in [1.54, 1.807) is 0 Å². The average Bonchev–Trinajstić information content (AvgIpc) is 0.811. The van der Waals surface area contributed by atoms with Crippen LogP contribution in [0, 0.1) is 39.9 Å². The Bertz CT molecular complexity index is 30.5. The zero-order valence-electron chi connectivity index (χ0n) is 2.56. The maximum Gasteiger partial charge on any atom is 0.299 e. The molecular formula is H4GdO4S. The summed E-state index contributed by atoms with van der Waals surface area (Å²) in [4.78, 5) is 0. The second-order valence-electron chi connectivity index (χ2n) is 0.231. The number of rotatable bonds is 0. The van der Waals surface area contributed by atoms with Crippen molar-refractivity contribution in [3.8, 4) is 0 Å². The molecule has 42 valence electrons. The zero-order valence-corrected chi connectivity index (χ0v) is 5.65. The van der Waals surface area contributed by atoms with Crippen LogP contribution in [0.25, 0.3) is 0 Å². The normalized spacial score (nSPS) is 5.83. The summed E-state index contributed by atoms with van der Waals surface area (Å²) in [5.41, 5.74) is 0. The number of hydrogen-bond acceptors (Lipinski definition) is 1. The van der Waals surface area contributed by atoms with Gasteiger partial charge < -0.3 is 5.48 Å². The van der Waals surface area contributed by atoms with Crippen molar-refractivity contribution >= 4 is 11.4 Å². The standard InChI is InChI=1S/Gd.H2O3S.H2O/c;1-4(2)3;/h;(H2,1,2,3);1H2. The van der Waals surface area contributed by atoms with Gasteiger partial charge in [-0.2, -0.15) is 4.21 Å². The summed E-state index contributed by atoms with van der Waals surface area (Å²) >= 11 is -2.61. The maximum absolute atomic E-state index is 8.67. The van der Waals surface area contributed by atoms with Crippen molar-refractivity contribution in [3.63, 3.8) is 0 Å². The number of hydrogen-bond donors (Lipinski definition) is 2. The van der Waals surface area contributed by atoms with Gasteiger partial charge in [0.25, 0.3) is 11.4 Å². The minimum Gasteiger partial charge on any atom is -0.412 e. The molecule has 4 nitrogen and oxygen atoms in total. The molecule has 0 aliphatic carbocycles. The van der Waals surface area contributed by atoms with Crippen LogP contribution in [-0.2, 0) is 11.4 Å². The van der Waals surface area contributed by atoms with Gasteiger partial charge in [-0.1, -0.05) is 0 Å². The summed E-state index contributed by atoms with van der Waals surface area (Å²) < 4.78 is 22.8. The summed E-state index contributed by atoms with van der Waals surface area (Å²) in [7, 11) is 0. The summed E-state index contributed by atoms with van der Waals surface area (Å²) in [5, 5.41) is 0. The fraction of sp³-hybridized carbons (Fsp3) is 0. The Morgan fingerprint density at radius 2 is 1.33 bits per heavy atom. The molecule has 0 aromatic carbocycles. The third kappa shape index (κ3) is 55.3. The van der Waals surface area contributed by atoms with Crippen LogP contribution < -0.4 is 0 Å². The first-order valence-electron chi connectivity index (χ1n) is 0.532. The van der Waals surface area contributed by atoms with Gasteiger partial charge in [0.05, 0.1) is 0 Å². The van der Waals surface area contributed by atoms with Crippen molar-refractivity contribution in [1.82, 2.24) is 0 Å². The molecule has 4 N–H and O–H groups in total. The zero-order chi connectivity index (χ0) is 3.58. The van der Waals surface area contributed by atoms with E-state index in [0.717, 1.165) is 0 Å². The molecule has 0 saturated heterocycles. The fourth-order valence-corrected chi connectivity index (χ4v) is 0. The van der Waals surface area contributed by atoms with Crippen LogP contribution in [0.5, 0.6) is 0 Å². The molecule has 0 heterocycles. The van der Waals surface area contributed by atoms with Gasteiger partial charge >= 0.3 is 0 Å². The molecule has 0 aliphatic heterocycles. The van der Waals surface area contributed by atoms with E-state index >= 15 is 0 Å². The minimum absolute atomic E-state index is 0. The summed E-state index contributed by atoms with van der Waals surface area (Å²) in [6, 6.07) is 0. The van der Waals surface area contributed by atoms with Crippen molar-refractivity contribution in [2.75, 3.05) is 0 Å². The van der Waals surface area contributed by atoms with E-state index in [4.69, 9.17) is 13.3 Å². The molecule has 0 radical (unpaired) electrons.